The third kappa shape index (κ3) is 6.34. The first kappa shape index (κ1) is 23.1. The van der Waals surface area contributed by atoms with E-state index in [0.717, 1.165) is 15.7 Å². The Labute approximate surface area is 171 Å². The van der Waals surface area contributed by atoms with Gasteiger partial charge in [-0.15, -0.1) is 0 Å². The van der Waals surface area contributed by atoms with Gasteiger partial charge < -0.3 is 29.7 Å². The first-order valence-electron chi connectivity index (χ1n) is 7.99. The van der Waals surface area contributed by atoms with Crippen molar-refractivity contribution in [2.75, 3.05) is 26.6 Å². The fourth-order valence-corrected chi connectivity index (χ4v) is 2.89. The fourth-order valence-electron chi connectivity index (χ4n) is 2.26. The molecule has 0 unspecified atom stereocenters. The molecule has 0 aliphatic heterocycles. The summed E-state index contributed by atoms with van der Waals surface area (Å²) in [5.74, 6) is -1.71. The highest BCUT2D eigenvalue weighted by molar-refractivity contribution is 9.10. The minimum absolute atomic E-state index is 0.604. The standard InChI is InChI=1S/C17H20BrNO3.C2H2O4/c1-11-5-7-14(13(18)9-11)19-10-12-6-8-15(20-2)17(22-4)16(12)21-3;3-1(4)2(5)6/h5-9,19H,10H2,1-4H3;(H,3,4)(H,5,6). The van der Waals surface area contributed by atoms with Crippen LogP contribution in [0.3, 0.4) is 0 Å². The van der Waals surface area contributed by atoms with Crippen molar-refractivity contribution in [3.05, 3.63) is 45.9 Å². The van der Waals surface area contributed by atoms with Crippen LogP contribution < -0.4 is 19.5 Å². The first-order valence-corrected chi connectivity index (χ1v) is 8.78. The summed E-state index contributed by atoms with van der Waals surface area (Å²) in [6.07, 6.45) is 0. The van der Waals surface area contributed by atoms with Crippen LogP contribution in [0, 0.1) is 6.92 Å². The van der Waals surface area contributed by atoms with Gasteiger partial charge in [-0.1, -0.05) is 6.07 Å². The number of aliphatic carboxylic acids is 2. The van der Waals surface area contributed by atoms with Crippen molar-refractivity contribution in [2.45, 2.75) is 13.5 Å². The van der Waals surface area contributed by atoms with Crippen molar-refractivity contribution in [1.29, 1.82) is 0 Å². The molecule has 0 radical (unpaired) electrons. The lowest BCUT2D eigenvalue weighted by atomic mass is 10.1. The first-order chi connectivity index (χ1) is 13.2. The summed E-state index contributed by atoms with van der Waals surface area (Å²) < 4.78 is 17.2. The van der Waals surface area contributed by atoms with Gasteiger partial charge in [-0.25, -0.2) is 9.59 Å². The third-order valence-electron chi connectivity index (χ3n) is 3.56. The lowest BCUT2D eigenvalue weighted by molar-refractivity contribution is -0.159. The molecule has 0 amide bonds. The van der Waals surface area contributed by atoms with Crippen LogP contribution in [0.2, 0.25) is 0 Å². The maximum absolute atomic E-state index is 9.10. The molecule has 3 N–H and O–H groups in total. The molecular formula is C19H22BrNO7. The van der Waals surface area contributed by atoms with E-state index < -0.39 is 11.9 Å². The molecule has 0 bridgehead atoms. The van der Waals surface area contributed by atoms with Crippen molar-refractivity contribution in [3.63, 3.8) is 0 Å². The van der Waals surface area contributed by atoms with E-state index in [1.165, 1.54) is 5.56 Å². The highest BCUT2D eigenvalue weighted by Crippen LogP contribution is 2.40. The maximum Gasteiger partial charge on any atom is 0.414 e. The number of methoxy groups -OCH3 is 3. The summed E-state index contributed by atoms with van der Waals surface area (Å²) >= 11 is 3.57. The van der Waals surface area contributed by atoms with E-state index >= 15 is 0 Å². The van der Waals surface area contributed by atoms with E-state index in [0.29, 0.717) is 23.8 Å². The summed E-state index contributed by atoms with van der Waals surface area (Å²) in [5, 5.41) is 18.2. The van der Waals surface area contributed by atoms with Crippen LogP contribution in [0.1, 0.15) is 11.1 Å². The number of halogens is 1. The Morgan fingerprint density at radius 1 is 0.964 bits per heavy atom. The smallest absolute Gasteiger partial charge is 0.414 e. The largest absolute Gasteiger partial charge is 0.493 e. The Kier molecular flexibility index (Phi) is 9.10. The topological polar surface area (TPSA) is 114 Å². The molecule has 2 rings (SSSR count). The molecule has 0 aliphatic carbocycles. The Hall–Kier alpha value is -2.94. The summed E-state index contributed by atoms with van der Waals surface area (Å²) in [6, 6.07) is 10.0. The Bertz CT molecular complexity index is 827. The zero-order chi connectivity index (χ0) is 21.3. The summed E-state index contributed by atoms with van der Waals surface area (Å²) in [7, 11) is 4.84. The fraction of sp³-hybridized carbons (Fsp3) is 0.263. The minimum atomic E-state index is -1.82. The summed E-state index contributed by atoms with van der Waals surface area (Å²) in [4.78, 5) is 18.2. The van der Waals surface area contributed by atoms with E-state index in [1.54, 1.807) is 21.3 Å². The summed E-state index contributed by atoms with van der Waals surface area (Å²) in [5.41, 5.74) is 3.23. The molecule has 0 saturated carbocycles. The summed E-state index contributed by atoms with van der Waals surface area (Å²) in [6.45, 7) is 2.68. The number of nitrogens with one attached hydrogen (secondary N) is 1. The van der Waals surface area contributed by atoms with Crippen LogP contribution in [-0.2, 0) is 16.1 Å². The highest BCUT2D eigenvalue weighted by atomic mass is 79.9. The number of rotatable bonds is 6. The molecule has 9 heteroatoms. The van der Waals surface area contributed by atoms with Gasteiger partial charge in [0, 0.05) is 22.3 Å². The Morgan fingerprint density at radius 2 is 1.57 bits per heavy atom. The van der Waals surface area contributed by atoms with Gasteiger partial charge >= 0.3 is 11.9 Å². The second-order valence-corrected chi connectivity index (χ2v) is 6.29. The van der Waals surface area contributed by atoms with Crippen molar-refractivity contribution in [3.8, 4) is 17.2 Å². The number of aryl methyl sites for hydroxylation is 1. The van der Waals surface area contributed by atoms with Gasteiger partial charge in [-0.2, -0.15) is 0 Å². The van der Waals surface area contributed by atoms with Crippen LogP contribution in [0.25, 0.3) is 0 Å². The SMILES string of the molecule is COc1ccc(CNc2ccc(C)cc2Br)c(OC)c1OC.O=C(O)C(=O)O. The number of benzene rings is 2. The number of ether oxygens (including phenoxy) is 3. The maximum atomic E-state index is 9.10. The molecule has 0 fully saturated rings. The predicted molar refractivity (Wildman–Crippen MR) is 108 cm³/mol. The molecule has 8 nitrogen and oxygen atoms in total. The van der Waals surface area contributed by atoms with Gasteiger partial charge in [0.2, 0.25) is 5.75 Å². The van der Waals surface area contributed by atoms with Crippen LogP contribution in [0.15, 0.2) is 34.8 Å². The molecule has 0 aromatic heterocycles. The number of carboxylic acids is 2. The average Bonchev–Trinajstić information content (AvgIpc) is 2.66. The van der Waals surface area contributed by atoms with Gasteiger partial charge in [0.05, 0.1) is 21.3 Å². The van der Waals surface area contributed by atoms with Crippen LogP contribution in [0.5, 0.6) is 17.2 Å². The molecule has 152 valence electrons. The lowest BCUT2D eigenvalue weighted by Gasteiger charge is -2.17. The monoisotopic (exact) mass is 455 g/mol. The van der Waals surface area contributed by atoms with Crippen LogP contribution >= 0.6 is 15.9 Å². The number of hydrogen-bond acceptors (Lipinski definition) is 6. The molecule has 2 aromatic rings. The third-order valence-corrected chi connectivity index (χ3v) is 4.22. The van der Waals surface area contributed by atoms with Crippen molar-refractivity contribution in [1.82, 2.24) is 0 Å². The quantitative estimate of drug-likeness (QED) is 0.566. The van der Waals surface area contributed by atoms with E-state index in [2.05, 4.69) is 40.3 Å². The van der Waals surface area contributed by atoms with Gasteiger partial charge in [0.15, 0.2) is 11.5 Å². The van der Waals surface area contributed by atoms with E-state index in [1.807, 2.05) is 18.2 Å². The lowest BCUT2D eigenvalue weighted by Crippen LogP contribution is -2.09. The molecule has 0 heterocycles. The number of carbonyl (C=O) groups is 2. The van der Waals surface area contributed by atoms with Crippen LogP contribution in [-0.4, -0.2) is 43.5 Å². The number of anilines is 1. The van der Waals surface area contributed by atoms with Crippen LogP contribution in [0.4, 0.5) is 5.69 Å². The molecule has 0 spiro atoms. The Morgan fingerprint density at radius 3 is 2.04 bits per heavy atom. The number of carboxylic acid groups (broad SMARTS) is 2. The van der Waals surface area contributed by atoms with Gasteiger partial charge in [0.25, 0.3) is 0 Å². The zero-order valence-corrected chi connectivity index (χ0v) is 17.5. The van der Waals surface area contributed by atoms with Crippen molar-refractivity contribution in [2.24, 2.45) is 0 Å². The molecule has 28 heavy (non-hydrogen) atoms. The highest BCUT2D eigenvalue weighted by Gasteiger charge is 2.15. The predicted octanol–water partition coefficient (Wildman–Crippen LogP) is 3.55. The van der Waals surface area contributed by atoms with Crippen molar-refractivity contribution < 1.29 is 34.0 Å². The van der Waals surface area contributed by atoms with Gasteiger partial charge in [-0.05, 0) is 52.7 Å². The molecular weight excluding hydrogens is 434 g/mol. The minimum Gasteiger partial charge on any atom is -0.493 e. The molecule has 0 saturated heterocycles. The van der Waals surface area contributed by atoms with E-state index in [9.17, 15) is 0 Å². The van der Waals surface area contributed by atoms with Crippen molar-refractivity contribution >= 4 is 33.6 Å². The average molecular weight is 456 g/mol. The van der Waals surface area contributed by atoms with Gasteiger partial charge in [0.1, 0.15) is 0 Å². The van der Waals surface area contributed by atoms with Gasteiger partial charge in [-0.3, -0.25) is 0 Å². The Balaban J connectivity index is 0.000000568. The molecule has 0 atom stereocenters. The second kappa shape index (κ2) is 11.0. The number of hydrogen-bond donors (Lipinski definition) is 3. The zero-order valence-electron chi connectivity index (χ0n) is 15.9. The molecule has 0 aliphatic rings. The van der Waals surface area contributed by atoms with E-state index in [-0.39, 0.29) is 0 Å². The molecule has 2 aromatic carbocycles. The normalized spacial score (nSPS) is 9.61. The second-order valence-electron chi connectivity index (χ2n) is 5.44. The van der Waals surface area contributed by atoms with E-state index in [4.69, 9.17) is 34.0 Å².